The zero-order valence-corrected chi connectivity index (χ0v) is 14.0. The summed E-state index contributed by atoms with van der Waals surface area (Å²) in [4.78, 5) is 3.29. The van der Waals surface area contributed by atoms with Crippen LogP contribution in [0, 0.1) is 25.5 Å². The molecule has 2 aromatic carbocycles. The molecule has 3 aromatic rings. The highest BCUT2D eigenvalue weighted by Gasteiger charge is 2.12. The monoisotopic (exact) mass is 346 g/mol. The van der Waals surface area contributed by atoms with Crippen LogP contribution in [-0.4, -0.2) is 9.55 Å². The topological polar surface area (TPSA) is 20.7 Å². The number of halogens is 1. The predicted octanol–water partition coefficient (Wildman–Crippen LogP) is 5.38. The third-order valence-corrected chi connectivity index (χ3v) is 4.35. The van der Waals surface area contributed by atoms with Crippen LogP contribution < -0.4 is 0 Å². The summed E-state index contributed by atoms with van der Waals surface area (Å²) in [6, 6.07) is 10.6. The summed E-state index contributed by atoms with van der Waals surface area (Å²) in [5.74, 6) is 0. The highest BCUT2D eigenvalue weighted by Crippen LogP contribution is 2.30. The summed E-state index contributed by atoms with van der Waals surface area (Å²) in [5.41, 5.74) is 6.95. The van der Waals surface area contributed by atoms with Crippen molar-refractivity contribution in [3.63, 3.8) is 0 Å². The summed E-state index contributed by atoms with van der Waals surface area (Å²) in [7, 11) is 0. The summed E-state index contributed by atoms with van der Waals surface area (Å²) in [5, 5.41) is 0. The average Bonchev–Trinajstić information content (AvgIpc) is 2.64. The van der Waals surface area contributed by atoms with Crippen LogP contribution in [0.15, 0.2) is 34.8 Å². The molecule has 0 unspecified atom stereocenters. The van der Waals surface area contributed by atoms with Crippen LogP contribution in [0.3, 0.4) is 0 Å². The molecule has 0 saturated carbocycles. The largest absolute Gasteiger partial charge is 0.330 e. The van der Waals surface area contributed by atoms with E-state index in [0.29, 0.717) is 0 Å². The Morgan fingerprint density at radius 2 is 1.80 bits per heavy atom. The zero-order valence-electron chi connectivity index (χ0n) is 11.6. The molecule has 0 amide bonds. The molecule has 1 N–H and O–H groups in total. The smallest absolute Gasteiger partial charge is 0.182 e. The molecule has 0 bridgehead atoms. The van der Waals surface area contributed by atoms with Crippen molar-refractivity contribution in [2.75, 3.05) is 0 Å². The van der Waals surface area contributed by atoms with Gasteiger partial charge in [0.2, 0.25) is 0 Å². The number of nitrogens with zero attached hydrogens (tertiary/aromatic N) is 1. The van der Waals surface area contributed by atoms with Crippen LogP contribution in [0.2, 0.25) is 0 Å². The highest BCUT2D eigenvalue weighted by atomic mass is 79.9. The van der Waals surface area contributed by atoms with E-state index in [1.54, 1.807) is 0 Å². The van der Waals surface area contributed by atoms with Crippen molar-refractivity contribution in [2.45, 2.75) is 20.8 Å². The van der Waals surface area contributed by atoms with Gasteiger partial charge in [0, 0.05) is 4.47 Å². The molecular weight excluding hydrogens is 332 g/mol. The van der Waals surface area contributed by atoms with Crippen molar-refractivity contribution < 1.29 is 0 Å². The number of H-pyrrole nitrogens is 1. The number of aromatic amines is 1. The van der Waals surface area contributed by atoms with Gasteiger partial charge >= 0.3 is 0 Å². The lowest BCUT2D eigenvalue weighted by Crippen LogP contribution is -1.99. The average molecular weight is 347 g/mol. The molecule has 0 aliphatic carbocycles. The minimum absolute atomic E-state index is 0.721. The van der Waals surface area contributed by atoms with Gasteiger partial charge in [-0.2, -0.15) is 0 Å². The van der Waals surface area contributed by atoms with Crippen molar-refractivity contribution >= 4 is 39.2 Å². The molecule has 0 saturated heterocycles. The molecule has 3 rings (SSSR count). The predicted molar refractivity (Wildman–Crippen MR) is 90.4 cm³/mol. The number of rotatable bonds is 1. The molecule has 0 radical (unpaired) electrons. The van der Waals surface area contributed by atoms with Gasteiger partial charge in [-0.1, -0.05) is 12.1 Å². The Balaban J connectivity index is 2.41. The first-order valence-electron chi connectivity index (χ1n) is 6.46. The number of aromatic nitrogens is 2. The number of hydrogen-bond acceptors (Lipinski definition) is 1. The van der Waals surface area contributed by atoms with Crippen LogP contribution >= 0.6 is 28.1 Å². The fourth-order valence-electron chi connectivity index (χ4n) is 2.64. The normalized spacial score (nSPS) is 11.2. The third kappa shape index (κ3) is 2.13. The van der Waals surface area contributed by atoms with Gasteiger partial charge in [0.15, 0.2) is 4.77 Å². The summed E-state index contributed by atoms with van der Waals surface area (Å²) in [6.07, 6.45) is 0. The van der Waals surface area contributed by atoms with Gasteiger partial charge in [-0.3, -0.25) is 4.57 Å². The van der Waals surface area contributed by atoms with Gasteiger partial charge in [-0.25, -0.2) is 0 Å². The molecule has 2 nitrogen and oxygen atoms in total. The summed E-state index contributed by atoms with van der Waals surface area (Å²) in [6.45, 7) is 6.29. The van der Waals surface area contributed by atoms with E-state index in [-0.39, 0.29) is 0 Å². The minimum atomic E-state index is 0.721. The SMILES string of the molecule is Cc1cc(C)c(-n2c(=S)[nH]c3cc(C)ccc32)c(Br)c1. The highest BCUT2D eigenvalue weighted by molar-refractivity contribution is 9.10. The fourth-order valence-corrected chi connectivity index (χ4v) is 3.79. The Kier molecular flexibility index (Phi) is 3.30. The quantitative estimate of drug-likeness (QED) is 0.587. The first-order chi connectivity index (χ1) is 9.47. The minimum Gasteiger partial charge on any atom is -0.330 e. The molecule has 0 aliphatic heterocycles. The van der Waals surface area contributed by atoms with E-state index in [1.165, 1.54) is 16.7 Å². The van der Waals surface area contributed by atoms with E-state index in [4.69, 9.17) is 12.2 Å². The number of imidazole rings is 1. The molecule has 1 heterocycles. The number of nitrogens with one attached hydrogen (secondary N) is 1. The maximum atomic E-state index is 5.52. The Morgan fingerprint density at radius 1 is 1.05 bits per heavy atom. The summed E-state index contributed by atoms with van der Waals surface area (Å²) < 4.78 is 3.88. The zero-order chi connectivity index (χ0) is 14.4. The van der Waals surface area contributed by atoms with E-state index < -0.39 is 0 Å². The lowest BCUT2D eigenvalue weighted by Gasteiger charge is -2.12. The van der Waals surface area contributed by atoms with Crippen molar-refractivity contribution in [1.29, 1.82) is 0 Å². The maximum absolute atomic E-state index is 5.52. The third-order valence-electron chi connectivity index (χ3n) is 3.46. The van der Waals surface area contributed by atoms with E-state index in [9.17, 15) is 0 Å². The lowest BCUT2D eigenvalue weighted by molar-refractivity contribution is 1.04. The van der Waals surface area contributed by atoms with Crippen molar-refractivity contribution in [3.05, 3.63) is 56.3 Å². The van der Waals surface area contributed by atoms with Gasteiger partial charge in [0.1, 0.15) is 0 Å². The number of aryl methyl sites for hydroxylation is 3. The standard InChI is InChI=1S/C16H15BrN2S/c1-9-4-5-14-13(8-9)18-16(20)19(14)15-11(3)6-10(2)7-12(15)17/h4-8H,1-3H3,(H,18,20). The van der Waals surface area contributed by atoms with Crippen molar-refractivity contribution in [1.82, 2.24) is 9.55 Å². The van der Waals surface area contributed by atoms with Crippen LogP contribution in [0.4, 0.5) is 0 Å². The Morgan fingerprint density at radius 3 is 2.50 bits per heavy atom. The van der Waals surface area contributed by atoms with Gasteiger partial charge in [0.05, 0.1) is 16.7 Å². The Hall–Kier alpha value is -1.39. The van der Waals surface area contributed by atoms with Crippen molar-refractivity contribution in [2.24, 2.45) is 0 Å². The fraction of sp³-hybridized carbons (Fsp3) is 0.188. The van der Waals surface area contributed by atoms with Crippen LogP contribution in [0.25, 0.3) is 16.7 Å². The molecule has 102 valence electrons. The van der Waals surface area contributed by atoms with Gasteiger partial charge in [-0.05, 0) is 83.8 Å². The van der Waals surface area contributed by atoms with Crippen LogP contribution in [0.5, 0.6) is 0 Å². The molecule has 20 heavy (non-hydrogen) atoms. The molecule has 4 heteroatoms. The van der Waals surface area contributed by atoms with E-state index in [2.05, 4.69) is 76.6 Å². The van der Waals surface area contributed by atoms with Gasteiger partial charge in [0.25, 0.3) is 0 Å². The molecule has 0 aliphatic rings. The van der Waals surface area contributed by atoms with Crippen LogP contribution in [-0.2, 0) is 0 Å². The molecule has 1 aromatic heterocycles. The molecule has 0 spiro atoms. The van der Waals surface area contributed by atoms with Gasteiger partial charge in [-0.15, -0.1) is 0 Å². The maximum Gasteiger partial charge on any atom is 0.182 e. The first kappa shape index (κ1) is 13.6. The second kappa shape index (κ2) is 4.86. The Labute approximate surface area is 131 Å². The van der Waals surface area contributed by atoms with E-state index in [1.807, 2.05) is 0 Å². The Bertz CT molecular complexity index is 851. The van der Waals surface area contributed by atoms with E-state index in [0.717, 1.165) is 26.0 Å². The lowest BCUT2D eigenvalue weighted by atomic mass is 10.1. The molecular formula is C16H15BrN2S. The molecule has 0 fully saturated rings. The van der Waals surface area contributed by atoms with Gasteiger partial charge < -0.3 is 4.98 Å². The summed E-state index contributed by atoms with van der Waals surface area (Å²) >= 11 is 9.19. The van der Waals surface area contributed by atoms with E-state index >= 15 is 0 Å². The second-order valence-electron chi connectivity index (χ2n) is 5.20. The molecule has 0 atom stereocenters. The number of hydrogen-bond donors (Lipinski definition) is 1. The number of benzene rings is 2. The number of fused-ring (bicyclic) bond motifs is 1. The first-order valence-corrected chi connectivity index (χ1v) is 7.66. The van der Waals surface area contributed by atoms with Crippen LogP contribution in [0.1, 0.15) is 16.7 Å². The second-order valence-corrected chi connectivity index (χ2v) is 6.44. The van der Waals surface area contributed by atoms with Crippen molar-refractivity contribution in [3.8, 4) is 5.69 Å².